The van der Waals surface area contributed by atoms with Gasteiger partial charge in [-0.1, -0.05) is 192 Å². The van der Waals surface area contributed by atoms with Crippen LogP contribution in [0.2, 0.25) is 24.2 Å². The highest BCUT2D eigenvalue weighted by Crippen LogP contribution is 2.53. The smallest absolute Gasteiger partial charge is 0.123 e. The van der Waals surface area contributed by atoms with Gasteiger partial charge in [-0.15, -0.1) is 0 Å². The maximum atomic E-state index is 4.45. The minimum absolute atomic E-state index is 0.159. The molecule has 4 aliphatic heterocycles. The molecule has 9 aromatic rings. The van der Waals surface area contributed by atoms with Crippen molar-refractivity contribution in [2.45, 2.75) is 69.1 Å². The summed E-state index contributed by atoms with van der Waals surface area (Å²) in [4.78, 5) is 5.09. The van der Waals surface area contributed by atoms with Gasteiger partial charge >= 0.3 is 0 Å². The Morgan fingerprint density at radius 1 is 0.478 bits per heavy atom. The van der Waals surface area contributed by atoms with E-state index >= 15 is 0 Å². The van der Waals surface area contributed by atoms with Gasteiger partial charge in [-0.3, -0.25) is 0 Å². The van der Waals surface area contributed by atoms with Crippen LogP contribution >= 0.6 is 0 Å². The number of benzene rings is 9. The summed E-state index contributed by atoms with van der Waals surface area (Å²) in [6.07, 6.45) is 14.2. The number of allylic oxidation sites excluding steroid dienone is 3. The van der Waals surface area contributed by atoms with Crippen LogP contribution in [0.15, 0.2) is 194 Å². The van der Waals surface area contributed by atoms with Crippen LogP contribution < -0.4 is 25.4 Å². The summed E-state index contributed by atoms with van der Waals surface area (Å²) in [6.45, 7) is 13.7. The minimum Gasteiger partial charge on any atom is -0.311 e. The van der Waals surface area contributed by atoms with E-state index in [0.717, 1.165) is 0 Å². The molecule has 0 aromatic heterocycles. The van der Waals surface area contributed by atoms with Crippen LogP contribution in [-0.4, -0.2) is 16.1 Å². The Morgan fingerprint density at radius 3 is 1.67 bits per heavy atom. The van der Waals surface area contributed by atoms with E-state index in [4.69, 9.17) is 0 Å². The van der Waals surface area contributed by atoms with Crippen LogP contribution in [0.25, 0.3) is 55.6 Å². The number of nitrogens with zero attached hydrogens (tertiary/aromatic N) is 2. The molecule has 2 nitrogen and oxygen atoms in total. The third-order valence-electron chi connectivity index (χ3n) is 17.6. The van der Waals surface area contributed by atoms with Gasteiger partial charge in [0.1, 0.15) is 16.1 Å². The van der Waals surface area contributed by atoms with E-state index in [-0.39, 0.29) is 5.41 Å². The molecule has 9 aromatic carbocycles. The van der Waals surface area contributed by atoms with E-state index in [1.165, 1.54) is 155 Å². The zero-order valence-corrected chi connectivity index (χ0v) is 41.8. The number of hydrogen-bond donors (Lipinski definition) is 0. The van der Waals surface area contributed by atoms with Crippen molar-refractivity contribution in [1.29, 1.82) is 0 Å². The molecule has 0 unspecified atom stereocenters. The fraction of sp³-hybridized carbons (Fsp3) is 0.169. The SMILES string of the molecule is C=CC1=C(C=C)[Si]2(CCCC2)c2ccccc2N1c1ccc2ccc3c(C=Cc4ccc5c(c4)C(C)(C)c4cc(N6c7ccccc7[Si]7(CCCC7)c7ccccc76)ccc4-5)ccc4ccc1c2c43. The lowest BCUT2D eigenvalue weighted by Crippen LogP contribution is -2.60. The lowest BCUT2D eigenvalue weighted by atomic mass is 9.81. The Kier molecular flexibility index (Phi) is 8.92. The highest BCUT2D eigenvalue weighted by molar-refractivity contribution is 7.05. The first-order valence-corrected chi connectivity index (χ1v) is 30.2. The van der Waals surface area contributed by atoms with Gasteiger partial charge in [0.2, 0.25) is 0 Å². The van der Waals surface area contributed by atoms with E-state index in [9.17, 15) is 0 Å². The van der Waals surface area contributed by atoms with E-state index in [2.05, 4.69) is 219 Å². The molecule has 0 atom stereocenters. The Bertz CT molecular complexity index is 3680. The molecule has 0 N–H and O–H groups in total. The van der Waals surface area contributed by atoms with Crippen molar-refractivity contribution in [2.75, 3.05) is 9.80 Å². The van der Waals surface area contributed by atoms with Crippen molar-refractivity contribution in [3.8, 4) is 11.1 Å². The van der Waals surface area contributed by atoms with Crippen LogP contribution in [0.1, 0.15) is 61.8 Å². The van der Waals surface area contributed by atoms with E-state index in [0.29, 0.717) is 0 Å². The monoisotopic (exact) mass is 920 g/mol. The highest BCUT2D eigenvalue weighted by atomic mass is 28.3. The van der Waals surface area contributed by atoms with Crippen molar-refractivity contribution in [3.63, 3.8) is 0 Å². The predicted molar refractivity (Wildman–Crippen MR) is 302 cm³/mol. The number of para-hydroxylation sites is 3. The number of fused-ring (bicyclic) bond motifs is 9. The quantitative estimate of drug-likeness (QED) is 0.0931. The first-order chi connectivity index (χ1) is 33.8. The molecule has 2 saturated heterocycles. The molecule has 1 aliphatic carbocycles. The van der Waals surface area contributed by atoms with Gasteiger partial charge in [0, 0.05) is 39.2 Å². The van der Waals surface area contributed by atoms with Gasteiger partial charge < -0.3 is 9.80 Å². The molecule has 2 spiro atoms. The molecule has 69 heavy (non-hydrogen) atoms. The van der Waals surface area contributed by atoms with Gasteiger partial charge in [0.05, 0.1) is 5.69 Å². The van der Waals surface area contributed by atoms with Gasteiger partial charge in [-0.25, -0.2) is 0 Å². The molecule has 5 aliphatic rings. The molecule has 0 bridgehead atoms. The Morgan fingerprint density at radius 2 is 1.01 bits per heavy atom. The Labute approximate surface area is 408 Å². The van der Waals surface area contributed by atoms with Crippen molar-refractivity contribution >= 4 is 105 Å². The van der Waals surface area contributed by atoms with Crippen LogP contribution in [0.4, 0.5) is 28.4 Å². The first-order valence-electron chi connectivity index (χ1n) is 25.4. The molecule has 0 saturated carbocycles. The number of anilines is 5. The second kappa shape index (κ2) is 15.0. The van der Waals surface area contributed by atoms with Crippen molar-refractivity contribution in [1.82, 2.24) is 0 Å². The molecule has 4 heterocycles. The van der Waals surface area contributed by atoms with E-state index in [1.54, 1.807) is 15.6 Å². The van der Waals surface area contributed by atoms with Crippen LogP contribution in [0.5, 0.6) is 0 Å². The van der Waals surface area contributed by atoms with Gasteiger partial charge in [0.15, 0.2) is 0 Å². The topological polar surface area (TPSA) is 6.48 Å². The molecule has 0 radical (unpaired) electrons. The molecule has 0 amide bonds. The van der Waals surface area contributed by atoms with Gasteiger partial charge in [-0.05, 0) is 148 Å². The molecule has 2 fully saturated rings. The largest absolute Gasteiger partial charge is 0.311 e. The third-order valence-corrected chi connectivity index (χ3v) is 28.3. The summed E-state index contributed by atoms with van der Waals surface area (Å²) < 4.78 is 0. The lowest BCUT2D eigenvalue weighted by Gasteiger charge is -2.43. The van der Waals surface area contributed by atoms with Crippen LogP contribution in [0, 0.1) is 0 Å². The summed E-state index contributed by atoms with van der Waals surface area (Å²) in [7, 11) is -3.73. The lowest BCUT2D eigenvalue weighted by molar-refractivity contribution is 0.660. The van der Waals surface area contributed by atoms with E-state index in [1.807, 2.05) is 0 Å². The van der Waals surface area contributed by atoms with E-state index < -0.39 is 16.1 Å². The zero-order chi connectivity index (χ0) is 46.2. The van der Waals surface area contributed by atoms with Crippen molar-refractivity contribution in [2.24, 2.45) is 0 Å². The summed E-state index contributed by atoms with van der Waals surface area (Å²) in [5.41, 5.74) is 15.6. The third kappa shape index (κ3) is 5.59. The molecule has 334 valence electrons. The maximum absolute atomic E-state index is 4.45. The summed E-state index contributed by atoms with van der Waals surface area (Å²) in [5.74, 6) is 0. The summed E-state index contributed by atoms with van der Waals surface area (Å²) in [5, 5.41) is 14.0. The van der Waals surface area contributed by atoms with Crippen LogP contribution in [-0.2, 0) is 5.41 Å². The number of hydrogen-bond acceptors (Lipinski definition) is 2. The second-order valence-electron chi connectivity index (χ2n) is 21.2. The fourth-order valence-electron chi connectivity index (χ4n) is 14.5. The second-order valence-corrected chi connectivity index (χ2v) is 29.6. The highest BCUT2D eigenvalue weighted by Gasteiger charge is 2.49. The Hall–Kier alpha value is -6.99. The zero-order valence-electron chi connectivity index (χ0n) is 39.8. The average molecular weight is 921 g/mol. The number of rotatable bonds is 6. The molecular weight excluding hydrogens is 865 g/mol. The summed E-state index contributed by atoms with van der Waals surface area (Å²) in [6, 6.07) is 66.4. The minimum atomic E-state index is -1.93. The maximum Gasteiger partial charge on any atom is 0.123 e. The molecule has 4 heteroatoms. The normalized spacial score (nSPS) is 18.1. The van der Waals surface area contributed by atoms with Gasteiger partial charge in [-0.2, -0.15) is 0 Å². The molecular formula is C65H56N2Si2. The van der Waals surface area contributed by atoms with Crippen molar-refractivity contribution < 1.29 is 0 Å². The fourth-order valence-corrected chi connectivity index (χ4v) is 25.6. The average Bonchev–Trinajstić information content (AvgIpc) is 4.14. The predicted octanol–water partition coefficient (Wildman–Crippen LogP) is 16.0. The van der Waals surface area contributed by atoms with Gasteiger partial charge in [0.25, 0.3) is 0 Å². The molecule has 14 rings (SSSR count). The Balaban J connectivity index is 0.833. The first kappa shape index (κ1) is 41.0. The standard InChI is InChI=1S/C65H56N2Si2/c1-5-54-59(6-2)68(37-13-14-38-68)62-22-12-9-19-58(62)67(54)55-36-30-46-28-33-48-44(26-27-45-29-34-51(55)64(46)63(45)48)25-23-43-24-32-49-50-35-31-47(42-53(50)65(3,4)52(49)41-43)66-56-17-7-10-20-60(56)69(39-15-16-40-69)61-21-11-8-18-57(61)66/h5-12,17-36,41-42H,1-2,13-16,37-40H2,3-4H3. The van der Waals surface area contributed by atoms with Crippen molar-refractivity contribution in [3.05, 3.63) is 216 Å². The summed E-state index contributed by atoms with van der Waals surface area (Å²) >= 11 is 0. The van der Waals surface area contributed by atoms with Crippen LogP contribution in [0.3, 0.4) is 0 Å².